The molecule has 0 aliphatic carbocycles. The fourth-order valence-electron chi connectivity index (χ4n) is 4.27. The molecule has 0 radical (unpaired) electrons. The molecule has 39 heavy (non-hydrogen) atoms. The number of nitrogens with zero attached hydrogens (tertiary/aromatic N) is 5. The molecule has 1 aromatic heterocycles. The molecule has 1 heterocycles. The summed E-state index contributed by atoms with van der Waals surface area (Å²) in [4.78, 5) is 41.5. The fraction of sp³-hybridized carbons (Fsp3) is 0.207. The predicted molar refractivity (Wildman–Crippen MR) is 149 cm³/mol. The summed E-state index contributed by atoms with van der Waals surface area (Å²) in [5.74, 6) is -0.260. The molecular weight excluding hydrogens is 496 g/mol. The van der Waals surface area contributed by atoms with E-state index >= 15 is 0 Å². The zero-order chi connectivity index (χ0) is 27.9. The number of nitrogens with one attached hydrogen (secondary N) is 1. The molecule has 4 aromatic rings. The molecule has 0 spiro atoms. The average molecular weight is 527 g/mol. The van der Waals surface area contributed by atoms with E-state index in [-0.39, 0.29) is 24.1 Å². The molecule has 200 valence electrons. The standard InChI is InChI=1S/C29H30N6O4/c1-20(36)30-26-13-9-8-12-25(26)27-19-34(32-31-27)35(21(2)37)28(18-22-10-6-5-7-11-22)29(38)33(3)23-14-16-24(39-4)17-15-23/h5-17,19,28H,18H2,1-4H3,(H,30,36)/t28-/m0/s1. The number of methoxy groups -OCH3 is 1. The number of anilines is 2. The first-order chi connectivity index (χ1) is 18.8. The van der Waals surface area contributed by atoms with E-state index < -0.39 is 6.04 Å². The van der Waals surface area contributed by atoms with E-state index in [1.165, 1.54) is 28.5 Å². The van der Waals surface area contributed by atoms with Crippen LogP contribution in [0, 0.1) is 0 Å². The summed E-state index contributed by atoms with van der Waals surface area (Å²) in [6.07, 6.45) is 1.82. The maximum atomic E-state index is 14.0. The highest BCUT2D eigenvalue weighted by Gasteiger charge is 2.33. The number of para-hydroxylation sites is 1. The van der Waals surface area contributed by atoms with Crippen LogP contribution in [0.15, 0.2) is 85.1 Å². The van der Waals surface area contributed by atoms with Crippen LogP contribution in [0.1, 0.15) is 19.4 Å². The smallest absolute Gasteiger partial charge is 0.252 e. The van der Waals surface area contributed by atoms with Gasteiger partial charge in [-0.25, -0.2) is 5.01 Å². The second-order valence-electron chi connectivity index (χ2n) is 8.92. The van der Waals surface area contributed by atoms with E-state index in [1.807, 2.05) is 36.4 Å². The molecule has 3 aromatic carbocycles. The van der Waals surface area contributed by atoms with E-state index in [1.54, 1.807) is 62.8 Å². The Bertz CT molecular complexity index is 1450. The van der Waals surface area contributed by atoms with Gasteiger partial charge in [0.25, 0.3) is 5.91 Å². The highest BCUT2D eigenvalue weighted by Crippen LogP contribution is 2.26. The van der Waals surface area contributed by atoms with Gasteiger partial charge in [0.15, 0.2) is 0 Å². The highest BCUT2D eigenvalue weighted by molar-refractivity contribution is 6.02. The molecule has 10 heteroatoms. The molecule has 0 bridgehead atoms. The number of aromatic nitrogens is 3. The van der Waals surface area contributed by atoms with E-state index in [4.69, 9.17) is 4.74 Å². The molecule has 1 atom stereocenters. The molecular formula is C29H30N6O4. The first-order valence-electron chi connectivity index (χ1n) is 12.3. The second kappa shape index (κ2) is 12.0. The van der Waals surface area contributed by atoms with Crippen molar-refractivity contribution in [3.63, 3.8) is 0 Å². The molecule has 10 nitrogen and oxygen atoms in total. The van der Waals surface area contributed by atoms with E-state index in [9.17, 15) is 14.4 Å². The number of rotatable bonds is 9. The van der Waals surface area contributed by atoms with Crippen LogP contribution < -0.4 is 20.0 Å². The molecule has 0 saturated carbocycles. The summed E-state index contributed by atoms with van der Waals surface area (Å²) < 4.78 is 5.23. The van der Waals surface area contributed by atoms with Gasteiger partial charge in [0, 0.05) is 38.6 Å². The van der Waals surface area contributed by atoms with Crippen molar-refractivity contribution in [1.82, 2.24) is 15.1 Å². The van der Waals surface area contributed by atoms with Gasteiger partial charge in [-0.15, -0.1) is 5.10 Å². The molecule has 0 saturated heterocycles. The van der Waals surface area contributed by atoms with E-state index in [2.05, 4.69) is 15.6 Å². The van der Waals surface area contributed by atoms with Gasteiger partial charge >= 0.3 is 0 Å². The maximum Gasteiger partial charge on any atom is 0.252 e. The first kappa shape index (κ1) is 27.1. The topological polar surface area (TPSA) is 110 Å². The summed E-state index contributed by atoms with van der Waals surface area (Å²) in [6, 6.07) is 22.8. The Balaban J connectivity index is 1.73. The SMILES string of the molecule is COc1ccc(N(C)C(=O)[C@H](Cc2ccccc2)N(C(C)=O)n2cc(-c3ccccc3NC(C)=O)nn2)cc1. The molecule has 0 fully saturated rings. The molecule has 4 rings (SSSR count). The fourth-order valence-corrected chi connectivity index (χ4v) is 4.27. The van der Waals surface area contributed by atoms with Gasteiger partial charge < -0.3 is 15.0 Å². The van der Waals surface area contributed by atoms with E-state index in [0.717, 1.165) is 5.56 Å². The number of hydrogen-bond acceptors (Lipinski definition) is 6. The summed E-state index contributed by atoms with van der Waals surface area (Å²) in [5.41, 5.74) is 3.14. The predicted octanol–water partition coefficient (Wildman–Crippen LogP) is 3.67. The lowest BCUT2D eigenvalue weighted by Crippen LogP contribution is -2.56. The van der Waals surface area contributed by atoms with E-state index in [0.29, 0.717) is 28.4 Å². The minimum absolute atomic E-state index is 0.227. The number of carbonyl (C=O) groups excluding carboxylic acids is 3. The van der Waals surface area contributed by atoms with Gasteiger partial charge in [-0.1, -0.05) is 48.5 Å². The number of carbonyl (C=O) groups is 3. The molecule has 3 amide bonds. The number of benzene rings is 3. The van der Waals surface area contributed by atoms with Crippen LogP contribution >= 0.6 is 0 Å². The Morgan fingerprint density at radius 2 is 1.62 bits per heavy atom. The monoisotopic (exact) mass is 526 g/mol. The largest absolute Gasteiger partial charge is 0.497 e. The quantitative estimate of drug-likeness (QED) is 0.356. The lowest BCUT2D eigenvalue weighted by Gasteiger charge is -2.32. The second-order valence-corrected chi connectivity index (χ2v) is 8.92. The minimum Gasteiger partial charge on any atom is -0.497 e. The third kappa shape index (κ3) is 6.30. The van der Waals surface area contributed by atoms with Crippen molar-refractivity contribution in [1.29, 1.82) is 0 Å². The number of hydrogen-bond donors (Lipinski definition) is 1. The van der Waals surface area contributed by atoms with Crippen LogP contribution in [0.3, 0.4) is 0 Å². The van der Waals surface area contributed by atoms with Gasteiger partial charge in [0.2, 0.25) is 11.8 Å². The summed E-state index contributed by atoms with van der Waals surface area (Å²) >= 11 is 0. The van der Waals surface area contributed by atoms with Crippen LogP contribution in [-0.2, 0) is 20.8 Å². The molecule has 0 unspecified atom stereocenters. The highest BCUT2D eigenvalue weighted by atomic mass is 16.5. The van der Waals surface area contributed by atoms with Crippen molar-refractivity contribution >= 4 is 29.1 Å². The normalized spacial score (nSPS) is 11.4. The Morgan fingerprint density at radius 3 is 2.26 bits per heavy atom. The third-order valence-corrected chi connectivity index (χ3v) is 6.18. The van der Waals surface area contributed by atoms with Crippen molar-refractivity contribution in [2.45, 2.75) is 26.3 Å². The Morgan fingerprint density at radius 1 is 0.949 bits per heavy atom. The molecule has 1 N–H and O–H groups in total. The van der Waals surface area contributed by atoms with Crippen LogP contribution in [0.5, 0.6) is 5.75 Å². The Hall–Kier alpha value is -4.99. The van der Waals surface area contributed by atoms with Crippen LogP contribution in [-0.4, -0.2) is 53.0 Å². The van der Waals surface area contributed by atoms with Gasteiger partial charge in [-0.05, 0) is 41.1 Å². The Labute approximate surface area is 226 Å². The summed E-state index contributed by atoms with van der Waals surface area (Å²) in [5, 5.41) is 12.5. The van der Waals surface area contributed by atoms with Gasteiger partial charge in [-0.3, -0.25) is 14.4 Å². The molecule has 0 aliphatic heterocycles. The minimum atomic E-state index is -0.933. The van der Waals surface area contributed by atoms with Crippen molar-refractivity contribution in [3.8, 4) is 17.0 Å². The number of amides is 3. The van der Waals surface area contributed by atoms with Crippen LogP contribution in [0.2, 0.25) is 0 Å². The van der Waals surface area contributed by atoms with Crippen molar-refractivity contribution in [2.75, 3.05) is 29.4 Å². The van der Waals surface area contributed by atoms with Gasteiger partial charge in [0.05, 0.1) is 19.0 Å². The lowest BCUT2D eigenvalue weighted by molar-refractivity contribution is -0.125. The zero-order valence-corrected chi connectivity index (χ0v) is 22.2. The van der Waals surface area contributed by atoms with Gasteiger partial charge in [-0.2, -0.15) is 4.79 Å². The lowest BCUT2D eigenvalue weighted by atomic mass is 10.0. The third-order valence-electron chi connectivity index (χ3n) is 6.18. The van der Waals surface area contributed by atoms with Crippen molar-refractivity contribution < 1.29 is 19.1 Å². The maximum absolute atomic E-state index is 14.0. The summed E-state index contributed by atoms with van der Waals surface area (Å²) in [7, 11) is 3.24. The zero-order valence-electron chi connectivity index (χ0n) is 22.2. The van der Waals surface area contributed by atoms with Crippen molar-refractivity contribution in [3.05, 3.63) is 90.6 Å². The summed E-state index contributed by atoms with van der Waals surface area (Å²) in [6.45, 7) is 2.80. The Kier molecular flexibility index (Phi) is 8.35. The van der Waals surface area contributed by atoms with Crippen LogP contribution in [0.25, 0.3) is 11.3 Å². The van der Waals surface area contributed by atoms with Crippen molar-refractivity contribution in [2.24, 2.45) is 0 Å². The van der Waals surface area contributed by atoms with Crippen LogP contribution in [0.4, 0.5) is 11.4 Å². The van der Waals surface area contributed by atoms with Gasteiger partial charge in [0.1, 0.15) is 17.5 Å². The number of ether oxygens (including phenoxy) is 1. The first-order valence-corrected chi connectivity index (χ1v) is 12.3. The number of likely N-dealkylation sites (N-methyl/N-ethyl adjacent to an activating group) is 1. The molecule has 0 aliphatic rings. The average Bonchev–Trinajstić information content (AvgIpc) is 3.41.